The molecule has 0 aliphatic carbocycles. The Morgan fingerprint density at radius 1 is 1.19 bits per heavy atom. The van der Waals surface area contributed by atoms with Gasteiger partial charge in [0.05, 0.1) is 23.1 Å². The molecular weight excluding hydrogens is 498 g/mol. The van der Waals surface area contributed by atoms with Crippen molar-refractivity contribution >= 4 is 47.9 Å². The van der Waals surface area contributed by atoms with Crippen LogP contribution >= 0.6 is 31.9 Å². The molecule has 2 aromatic rings. The van der Waals surface area contributed by atoms with Crippen LogP contribution in [0.2, 0.25) is 0 Å². The fourth-order valence-corrected chi connectivity index (χ4v) is 5.93. The van der Waals surface area contributed by atoms with E-state index in [9.17, 15) is 13.2 Å². The first-order valence-electron chi connectivity index (χ1n) is 8.25. The van der Waals surface area contributed by atoms with E-state index in [1.54, 1.807) is 43.3 Å². The van der Waals surface area contributed by atoms with Crippen molar-refractivity contribution in [3.63, 3.8) is 0 Å². The van der Waals surface area contributed by atoms with Crippen LogP contribution in [0, 0.1) is 0 Å². The number of ether oxygens (including phenoxy) is 1. The minimum absolute atomic E-state index is 0.0923. The van der Waals surface area contributed by atoms with Crippen molar-refractivity contribution in [3.05, 3.63) is 74.7 Å². The predicted octanol–water partition coefficient (Wildman–Crippen LogP) is 4.45. The molecule has 1 aliphatic rings. The number of rotatable bonds is 5. The Hall–Kier alpha value is -1.48. The van der Waals surface area contributed by atoms with Gasteiger partial charge in [-0.3, -0.25) is 0 Å². The predicted molar refractivity (Wildman–Crippen MR) is 110 cm³/mol. The molecule has 1 aliphatic heterocycles. The van der Waals surface area contributed by atoms with E-state index in [1.165, 1.54) is 4.31 Å². The fourth-order valence-electron chi connectivity index (χ4n) is 3.01. The van der Waals surface area contributed by atoms with Gasteiger partial charge >= 0.3 is 5.97 Å². The van der Waals surface area contributed by atoms with Gasteiger partial charge in [-0.25, -0.2) is 13.2 Å². The Labute approximate surface area is 175 Å². The van der Waals surface area contributed by atoms with Crippen LogP contribution in [0.4, 0.5) is 0 Å². The number of halogens is 2. The van der Waals surface area contributed by atoms with Crippen LogP contribution in [-0.2, 0) is 19.6 Å². The molecule has 0 N–H and O–H groups in total. The number of carbonyl (C=O) groups excluding carboxylic acids is 1. The van der Waals surface area contributed by atoms with Gasteiger partial charge in [-0.1, -0.05) is 46.3 Å². The van der Waals surface area contributed by atoms with Crippen LogP contribution in [0.3, 0.4) is 0 Å². The standard InChI is InChI=1S/C19H17Br2NO4S/c1-2-26-19(23)15-10-11-22(18(15)13-6-5-7-14(20)12-13)27(24,25)17-9-4-3-8-16(17)21/h3-10,12,18H,2,11H2,1H3. The molecule has 8 heteroatoms. The van der Waals surface area contributed by atoms with Crippen molar-refractivity contribution in [2.24, 2.45) is 0 Å². The molecule has 0 radical (unpaired) electrons. The average Bonchev–Trinajstić information content (AvgIpc) is 3.08. The van der Waals surface area contributed by atoms with Crippen molar-refractivity contribution in [1.82, 2.24) is 4.31 Å². The Bertz CT molecular complexity index is 1000. The number of benzene rings is 2. The van der Waals surface area contributed by atoms with Gasteiger partial charge in [0.1, 0.15) is 0 Å². The lowest BCUT2D eigenvalue weighted by Crippen LogP contribution is -2.33. The molecule has 27 heavy (non-hydrogen) atoms. The number of hydrogen-bond acceptors (Lipinski definition) is 4. The highest BCUT2D eigenvalue weighted by molar-refractivity contribution is 9.10. The van der Waals surface area contributed by atoms with Crippen LogP contribution in [0.5, 0.6) is 0 Å². The van der Waals surface area contributed by atoms with E-state index < -0.39 is 22.0 Å². The highest BCUT2D eigenvalue weighted by Gasteiger charge is 2.41. The summed E-state index contributed by atoms with van der Waals surface area (Å²) in [6, 6.07) is 13.2. The summed E-state index contributed by atoms with van der Waals surface area (Å²) in [5, 5.41) is 0. The quantitative estimate of drug-likeness (QED) is 0.553. The third-order valence-corrected chi connectivity index (χ3v) is 7.51. The number of sulfonamides is 1. The summed E-state index contributed by atoms with van der Waals surface area (Å²) in [6.07, 6.45) is 1.62. The highest BCUT2D eigenvalue weighted by Crippen LogP contribution is 2.40. The maximum atomic E-state index is 13.3. The molecule has 3 rings (SSSR count). The molecule has 5 nitrogen and oxygen atoms in total. The summed E-state index contributed by atoms with van der Waals surface area (Å²) in [5.74, 6) is -0.507. The van der Waals surface area contributed by atoms with Crippen LogP contribution < -0.4 is 0 Å². The maximum absolute atomic E-state index is 13.3. The van der Waals surface area contributed by atoms with E-state index in [2.05, 4.69) is 31.9 Å². The Morgan fingerprint density at radius 2 is 1.93 bits per heavy atom. The van der Waals surface area contributed by atoms with Gasteiger partial charge in [0, 0.05) is 15.5 Å². The first kappa shape index (κ1) is 20.3. The summed E-state index contributed by atoms with van der Waals surface area (Å²) >= 11 is 6.73. The zero-order chi connectivity index (χ0) is 19.6. The van der Waals surface area contributed by atoms with Gasteiger partial charge in [0.2, 0.25) is 10.0 Å². The van der Waals surface area contributed by atoms with Gasteiger partial charge in [0.15, 0.2) is 0 Å². The average molecular weight is 515 g/mol. The zero-order valence-electron chi connectivity index (χ0n) is 14.4. The molecule has 1 heterocycles. The minimum Gasteiger partial charge on any atom is -0.463 e. The lowest BCUT2D eigenvalue weighted by Gasteiger charge is -2.27. The zero-order valence-corrected chi connectivity index (χ0v) is 18.4. The molecule has 0 bridgehead atoms. The van der Waals surface area contributed by atoms with Crippen LogP contribution in [-0.4, -0.2) is 31.8 Å². The van der Waals surface area contributed by atoms with Gasteiger partial charge < -0.3 is 4.74 Å². The third-order valence-electron chi connectivity index (χ3n) is 4.17. The molecule has 0 saturated heterocycles. The highest BCUT2D eigenvalue weighted by atomic mass is 79.9. The van der Waals surface area contributed by atoms with Crippen molar-refractivity contribution < 1.29 is 17.9 Å². The van der Waals surface area contributed by atoms with Crippen molar-refractivity contribution in [1.29, 1.82) is 0 Å². The van der Waals surface area contributed by atoms with E-state index in [1.807, 2.05) is 18.2 Å². The minimum atomic E-state index is -3.85. The molecular formula is C19H17Br2NO4S. The van der Waals surface area contributed by atoms with Gasteiger partial charge in [-0.05, 0) is 52.7 Å². The molecule has 0 spiro atoms. The second-order valence-electron chi connectivity index (χ2n) is 5.84. The lowest BCUT2D eigenvalue weighted by atomic mass is 10.0. The van der Waals surface area contributed by atoms with E-state index >= 15 is 0 Å². The monoisotopic (exact) mass is 513 g/mol. The molecule has 0 fully saturated rings. The van der Waals surface area contributed by atoms with Crippen molar-refractivity contribution in [2.75, 3.05) is 13.2 Å². The largest absolute Gasteiger partial charge is 0.463 e. The normalized spacial score (nSPS) is 17.6. The van der Waals surface area contributed by atoms with E-state index in [-0.39, 0.29) is 18.0 Å². The number of nitrogens with zero attached hydrogens (tertiary/aromatic N) is 1. The first-order chi connectivity index (χ1) is 12.9. The molecule has 0 aromatic heterocycles. The smallest absolute Gasteiger partial charge is 0.335 e. The third kappa shape index (κ3) is 4.03. The summed E-state index contributed by atoms with van der Waals surface area (Å²) in [5.41, 5.74) is 1.02. The molecule has 0 amide bonds. The fraction of sp³-hybridized carbons (Fsp3) is 0.211. The SMILES string of the molecule is CCOC(=O)C1=CCN(S(=O)(=O)c2ccccc2Br)C1c1cccc(Br)c1. The summed E-state index contributed by atoms with van der Waals surface area (Å²) in [7, 11) is -3.85. The van der Waals surface area contributed by atoms with Crippen molar-refractivity contribution in [2.45, 2.75) is 17.9 Å². The Balaban J connectivity index is 2.10. The van der Waals surface area contributed by atoms with Crippen LogP contribution in [0.1, 0.15) is 18.5 Å². The van der Waals surface area contributed by atoms with E-state index in [4.69, 9.17) is 4.74 Å². The maximum Gasteiger partial charge on any atom is 0.335 e. The van der Waals surface area contributed by atoms with Crippen LogP contribution in [0.15, 0.2) is 74.0 Å². The molecule has 1 atom stereocenters. The summed E-state index contributed by atoms with van der Waals surface area (Å²) < 4.78 is 34.4. The molecule has 2 aromatic carbocycles. The van der Waals surface area contributed by atoms with Gasteiger partial charge in [-0.15, -0.1) is 0 Å². The van der Waals surface area contributed by atoms with Gasteiger partial charge in [-0.2, -0.15) is 4.31 Å². The van der Waals surface area contributed by atoms with E-state index in [0.717, 1.165) is 4.47 Å². The molecule has 0 saturated carbocycles. The number of carbonyl (C=O) groups is 1. The topological polar surface area (TPSA) is 63.7 Å². The summed E-state index contributed by atoms with van der Waals surface area (Å²) in [4.78, 5) is 12.6. The summed E-state index contributed by atoms with van der Waals surface area (Å²) in [6.45, 7) is 2.03. The second kappa shape index (κ2) is 8.26. The van der Waals surface area contributed by atoms with E-state index in [0.29, 0.717) is 15.6 Å². The Kier molecular flexibility index (Phi) is 6.20. The second-order valence-corrected chi connectivity index (χ2v) is 9.47. The molecule has 1 unspecified atom stereocenters. The van der Waals surface area contributed by atoms with Gasteiger partial charge in [0.25, 0.3) is 0 Å². The number of hydrogen-bond donors (Lipinski definition) is 0. The van der Waals surface area contributed by atoms with Crippen LogP contribution in [0.25, 0.3) is 0 Å². The van der Waals surface area contributed by atoms with Crippen molar-refractivity contribution in [3.8, 4) is 0 Å². The Morgan fingerprint density at radius 3 is 2.59 bits per heavy atom. The lowest BCUT2D eigenvalue weighted by molar-refractivity contribution is -0.138. The molecule has 142 valence electrons. The number of esters is 1. The first-order valence-corrected chi connectivity index (χ1v) is 11.3.